The molecule has 0 aromatic carbocycles. The van der Waals surface area contributed by atoms with Crippen LogP contribution in [0.5, 0.6) is 0 Å². The second-order valence-electron chi connectivity index (χ2n) is 5.11. The van der Waals surface area contributed by atoms with Crippen LogP contribution in [0.15, 0.2) is 11.6 Å². The van der Waals surface area contributed by atoms with Gasteiger partial charge in [-0.3, -0.25) is 0 Å². The molecule has 0 bridgehead atoms. The summed E-state index contributed by atoms with van der Waals surface area (Å²) in [6.45, 7) is 3.43. The Labute approximate surface area is 95.1 Å². The fourth-order valence-corrected chi connectivity index (χ4v) is 3.15. The number of hydrogen-bond donors (Lipinski definition) is 1. The SMILES string of the molecule is CC(NCC1(C2CC2)CC1)c1nccs1. The van der Waals surface area contributed by atoms with E-state index in [4.69, 9.17) is 0 Å². The van der Waals surface area contributed by atoms with E-state index in [1.54, 1.807) is 11.3 Å². The van der Waals surface area contributed by atoms with Gasteiger partial charge in [-0.2, -0.15) is 0 Å². The molecule has 0 spiro atoms. The van der Waals surface area contributed by atoms with Crippen molar-refractivity contribution in [1.29, 1.82) is 0 Å². The third kappa shape index (κ3) is 1.95. The van der Waals surface area contributed by atoms with Crippen molar-refractivity contribution in [3.05, 3.63) is 16.6 Å². The Bertz CT molecular complexity index is 325. The average Bonchev–Trinajstić information content (AvgIpc) is 3.14. The van der Waals surface area contributed by atoms with Gasteiger partial charge in [-0.25, -0.2) is 4.98 Å². The van der Waals surface area contributed by atoms with Gasteiger partial charge in [-0.1, -0.05) is 0 Å². The number of thiazole rings is 1. The van der Waals surface area contributed by atoms with Crippen molar-refractivity contribution >= 4 is 11.3 Å². The van der Waals surface area contributed by atoms with Crippen LogP contribution in [-0.4, -0.2) is 11.5 Å². The molecular weight excluding hydrogens is 204 g/mol. The Morgan fingerprint density at radius 3 is 2.93 bits per heavy atom. The standard InChI is InChI=1S/C12H18N2S/c1-9(11-13-6-7-15-11)14-8-12(4-5-12)10-2-3-10/h6-7,9-10,14H,2-5,8H2,1H3. The predicted molar refractivity (Wildman–Crippen MR) is 62.9 cm³/mol. The minimum absolute atomic E-state index is 0.432. The van der Waals surface area contributed by atoms with Crippen molar-refractivity contribution in [2.24, 2.45) is 11.3 Å². The highest BCUT2D eigenvalue weighted by Crippen LogP contribution is 2.60. The Morgan fingerprint density at radius 1 is 1.60 bits per heavy atom. The molecule has 2 aliphatic carbocycles. The third-order valence-corrected chi connectivity index (χ3v) is 4.88. The Morgan fingerprint density at radius 2 is 2.40 bits per heavy atom. The molecule has 0 saturated heterocycles. The van der Waals surface area contributed by atoms with E-state index in [1.807, 2.05) is 6.20 Å². The molecule has 1 atom stereocenters. The molecule has 15 heavy (non-hydrogen) atoms. The Kier molecular flexibility index (Phi) is 2.33. The fourth-order valence-electron chi connectivity index (χ4n) is 2.48. The number of aromatic nitrogens is 1. The van der Waals surface area contributed by atoms with Gasteiger partial charge in [0.25, 0.3) is 0 Å². The third-order valence-electron chi connectivity index (χ3n) is 3.92. The van der Waals surface area contributed by atoms with Gasteiger partial charge in [0.15, 0.2) is 0 Å². The second-order valence-corrected chi connectivity index (χ2v) is 6.04. The zero-order valence-electron chi connectivity index (χ0n) is 9.20. The Hall–Kier alpha value is -0.410. The number of nitrogens with one attached hydrogen (secondary N) is 1. The van der Waals surface area contributed by atoms with Crippen LogP contribution in [0.4, 0.5) is 0 Å². The van der Waals surface area contributed by atoms with E-state index in [0.717, 1.165) is 5.92 Å². The summed E-state index contributed by atoms with van der Waals surface area (Å²) in [5, 5.41) is 6.94. The van der Waals surface area contributed by atoms with Crippen LogP contribution in [0.3, 0.4) is 0 Å². The van der Waals surface area contributed by atoms with Crippen molar-refractivity contribution in [3.8, 4) is 0 Å². The zero-order valence-corrected chi connectivity index (χ0v) is 10.0. The quantitative estimate of drug-likeness (QED) is 0.828. The van der Waals surface area contributed by atoms with Gasteiger partial charge >= 0.3 is 0 Å². The monoisotopic (exact) mass is 222 g/mol. The number of rotatable bonds is 5. The highest BCUT2D eigenvalue weighted by atomic mass is 32.1. The number of hydrogen-bond acceptors (Lipinski definition) is 3. The summed E-state index contributed by atoms with van der Waals surface area (Å²) in [6.07, 6.45) is 7.76. The molecule has 2 aliphatic rings. The van der Waals surface area contributed by atoms with Crippen molar-refractivity contribution in [3.63, 3.8) is 0 Å². The van der Waals surface area contributed by atoms with Gasteiger partial charge in [0.1, 0.15) is 5.01 Å². The summed E-state index contributed by atoms with van der Waals surface area (Å²) < 4.78 is 0. The number of nitrogens with zero attached hydrogens (tertiary/aromatic N) is 1. The van der Waals surface area contributed by atoms with Gasteiger partial charge in [-0.15, -0.1) is 11.3 Å². The molecule has 2 nitrogen and oxygen atoms in total. The summed E-state index contributed by atoms with van der Waals surface area (Å²) >= 11 is 1.75. The lowest BCUT2D eigenvalue weighted by Gasteiger charge is -2.18. The lowest BCUT2D eigenvalue weighted by atomic mass is 10.0. The molecule has 1 aromatic heterocycles. The summed E-state index contributed by atoms with van der Waals surface area (Å²) in [5.74, 6) is 1.05. The van der Waals surface area contributed by atoms with E-state index in [1.165, 1.54) is 37.2 Å². The normalized spacial score (nSPS) is 25.1. The molecule has 1 N–H and O–H groups in total. The van der Waals surface area contributed by atoms with E-state index < -0.39 is 0 Å². The average molecular weight is 222 g/mol. The molecule has 1 unspecified atom stereocenters. The lowest BCUT2D eigenvalue weighted by molar-refractivity contribution is 0.381. The molecule has 1 aromatic rings. The van der Waals surface area contributed by atoms with Crippen molar-refractivity contribution in [1.82, 2.24) is 10.3 Å². The Balaban J connectivity index is 1.53. The van der Waals surface area contributed by atoms with Crippen LogP contribution in [0.25, 0.3) is 0 Å². The molecule has 0 radical (unpaired) electrons. The van der Waals surface area contributed by atoms with Crippen LogP contribution in [0.2, 0.25) is 0 Å². The molecule has 82 valence electrons. The van der Waals surface area contributed by atoms with Gasteiger partial charge < -0.3 is 5.32 Å². The molecule has 2 saturated carbocycles. The van der Waals surface area contributed by atoms with Crippen molar-refractivity contribution in [2.75, 3.05) is 6.54 Å². The van der Waals surface area contributed by atoms with Crippen LogP contribution in [0, 0.1) is 11.3 Å². The maximum atomic E-state index is 4.35. The first-order valence-corrected chi connectivity index (χ1v) is 6.81. The lowest BCUT2D eigenvalue weighted by Crippen LogP contribution is -2.27. The van der Waals surface area contributed by atoms with Crippen LogP contribution in [-0.2, 0) is 0 Å². The van der Waals surface area contributed by atoms with E-state index in [9.17, 15) is 0 Å². The molecule has 2 fully saturated rings. The summed E-state index contributed by atoms with van der Waals surface area (Å²) in [7, 11) is 0. The zero-order chi connectivity index (χ0) is 10.3. The second kappa shape index (κ2) is 3.56. The minimum Gasteiger partial charge on any atom is -0.308 e. The molecule has 1 heterocycles. The molecule has 3 heteroatoms. The largest absolute Gasteiger partial charge is 0.308 e. The summed E-state index contributed by atoms with van der Waals surface area (Å²) in [4.78, 5) is 4.35. The van der Waals surface area contributed by atoms with Gasteiger partial charge in [0.05, 0.1) is 6.04 Å². The highest BCUT2D eigenvalue weighted by molar-refractivity contribution is 7.09. The van der Waals surface area contributed by atoms with Crippen molar-refractivity contribution in [2.45, 2.75) is 38.6 Å². The predicted octanol–water partition coefficient (Wildman–Crippen LogP) is 2.98. The maximum Gasteiger partial charge on any atom is 0.109 e. The van der Waals surface area contributed by atoms with E-state index in [0.29, 0.717) is 11.5 Å². The van der Waals surface area contributed by atoms with Crippen LogP contribution < -0.4 is 5.32 Å². The van der Waals surface area contributed by atoms with Gasteiger partial charge in [0, 0.05) is 18.1 Å². The van der Waals surface area contributed by atoms with E-state index in [-0.39, 0.29) is 0 Å². The van der Waals surface area contributed by atoms with Crippen molar-refractivity contribution < 1.29 is 0 Å². The maximum absolute atomic E-state index is 4.35. The fraction of sp³-hybridized carbons (Fsp3) is 0.750. The molecule has 0 aliphatic heterocycles. The first-order valence-electron chi connectivity index (χ1n) is 5.93. The van der Waals surface area contributed by atoms with E-state index in [2.05, 4.69) is 22.6 Å². The van der Waals surface area contributed by atoms with Gasteiger partial charge in [-0.05, 0) is 43.9 Å². The molecule has 0 amide bonds. The van der Waals surface area contributed by atoms with Gasteiger partial charge in [0.2, 0.25) is 0 Å². The first-order chi connectivity index (χ1) is 7.30. The van der Waals surface area contributed by atoms with Crippen LogP contribution in [0.1, 0.15) is 43.7 Å². The first kappa shape index (κ1) is 9.79. The topological polar surface area (TPSA) is 24.9 Å². The van der Waals surface area contributed by atoms with Crippen LogP contribution >= 0.6 is 11.3 Å². The highest BCUT2D eigenvalue weighted by Gasteiger charge is 2.53. The smallest absolute Gasteiger partial charge is 0.109 e. The minimum atomic E-state index is 0.432. The summed E-state index contributed by atoms with van der Waals surface area (Å²) in [5.41, 5.74) is 0.700. The molecular formula is C12H18N2S. The summed E-state index contributed by atoms with van der Waals surface area (Å²) in [6, 6.07) is 0.432. The van der Waals surface area contributed by atoms with E-state index >= 15 is 0 Å². The molecule has 3 rings (SSSR count).